The van der Waals surface area contributed by atoms with E-state index in [9.17, 15) is 10.1 Å². The Morgan fingerprint density at radius 1 is 1.50 bits per heavy atom. The standard InChI is InChI=1S/C12H13N3O3/c1-9(8-10-4-3-7-18-10)14-12-11(15(16)17)5-2-6-13-12/h2-7,9H,8H2,1H3,(H,13,14). The Bertz CT molecular complexity index is 525. The van der Waals surface area contributed by atoms with Crippen LogP contribution in [0.5, 0.6) is 0 Å². The number of hydrogen-bond donors (Lipinski definition) is 1. The second kappa shape index (κ2) is 5.31. The highest BCUT2D eigenvalue weighted by Gasteiger charge is 2.16. The molecule has 0 amide bonds. The van der Waals surface area contributed by atoms with Crippen molar-refractivity contribution in [2.75, 3.05) is 5.32 Å². The SMILES string of the molecule is CC(Cc1ccco1)Nc1ncccc1[N+](=O)[O-]. The van der Waals surface area contributed by atoms with Gasteiger partial charge >= 0.3 is 5.69 Å². The molecule has 2 heterocycles. The van der Waals surface area contributed by atoms with Crippen LogP contribution in [0.1, 0.15) is 12.7 Å². The molecular weight excluding hydrogens is 234 g/mol. The molecule has 0 spiro atoms. The molecule has 2 rings (SSSR count). The maximum atomic E-state index is 10.8. The van der Waals surface area contributed by atoms with Crippen LogP contribution in [0.3, 0.4) is 0 Å². The molecule has 0 aromatic carbocycles. The summed E-state index contributed by atoms with van der Waals surface area (Å²) in [5, 5.41) is 13.8. The van der Waals surface area contributed by atoms with Crippen molar-refractivity contribution in [1.82, 2.24) is 4.98 Å². The van der Waals surface area contributed by atoms with Crippen LogP contribution >= 0.6 is 0 Å². The molecule has 1 N–H and O–H groups in total. The summed E-state index contributed by atoms with van der Waals surface area (Å²) in [4.78, 5) is 14.4. The summed E-state index contributed by atoms with van der Waals surface area (Å²) in [6, 6.07) is 6.64. The second-order valence-corrected chi connectivity index (χ2v) is 3.96. The van der Waals surface area contributed by atoms with Crippen LogP contribution in [0.4, 0.5) is 11.5 Å². The van der Waals surface area contributed by atoms with Gasteiger partial charge in [0, 0.05) is 24.7 Å². The molecule has 0 saturated carbocycles. The Morgan fingerprint density at radius 2 is 2.33 bits per heavy atom. The molecule has 0 saturated heterocycles. The van der Waals surface area contributed by atoms with E-state index in [-0.39, 0.29) is 17.5 Å². The summed E-state index contributed by atoms with van der Waals surface area (Å²) in [7, 11) is 0. The lowest BCUT2D eigenvalue weighted by Crippen LogP contribution is -2.19. The molecule has 0 radical (unpaired) electrons. The van der Waals surface area contributed by atoms with Gasteiger partial charge in [-0.25, -0.2) is 4.98 Å². The summed E-state index contributed by atoms with van der Waals surface area (Å²) in [6.45, 7) is 1.92. The number of anilines is 1. The molecule has 6 heteroatoms. The third-order valence-corrected chi connectivity index (χ3v) is 2.45. The van der Waals surface area contributed by atoms with E-state index in [1.807, 2.05) is 19.1 Å². The molecule has 0 aliphatic carbocycles. The summed E-state index contributed by atoms with van der Waals surface area (Å²) >= 11 is 0. The first-order chi connectivity index (χ1) is 8.66. The van der Waals surface area contributed by atoms with Crippen LogP contribution in [-0.2, 0) is 6.42 Å². The lowest BCUT2D eigenvalue weighted by molar-refractivity contribution is -0.384. The second-order valence-electron chi connectivity index (χ2n) is 3.96. The predicted octanol–water partition coefficient (Wildman–Crippen LogP) is 2.63. The Hall–Kier alpha value is -2.37. The zero-order valence-electron chi connectivity index (χ0n) is 9.87. The van der Waals surface area contributed by atoms with E-state index in [4.69, 9.17) is 4.42 Å². The van der Waals surface area contributed by atoms with Gasteiger partial charge in [-0.2, -0.15) is 0 Å². The van der Waals surface area contributed by atoms with E-state index in [1.54, 1.807) is 12.3 Å². The zero-order valence-corrected chi connectivity index (χ0v) is 9.87. The van der Waals surface area contributed by atoms with E-state index in [2.05, 4.69) is 10.3 Å². The largest absolute Gasteiger partial charge is 0.469 e. The summed E-state index contributed by atoms with van der Waals surface area (Å²) in [6.07, 6.45) is 3.76. The number of hydrogen-bond acceptors (Lipinski definition) is 5. The summed E-state index contributed by atoms with van der Waals surface area (Å²) < 4.78 is 5.23. The van der Waals surface area contributed by atoms with Crippen molar-refractivity contribution < 1.29 is 9.34 Å². The van der Waals surface area contributed by atoms with Crippen LogP contribution in [0.15, 0.2) is 41.1 Å². The predicted molar refractivity (Wildman–Crippen MR) is 66.4 cm³/mol. The van der Waals surface area contributed by atoms with Gasteiger partial charge in [-0.05, 0) is 25.1 Å². The maximum Gasteiger partial charge on any atom is 0.311 e. The normalized spacial score (nSPS) is 12.1. The average molecular weight is 247 g/mol. The van der Waals surface area contributed by atoms with Crippen LogP contribution in [0.2, 0.25) is 0 Å². The maximum absolute atomic E-state index is 10.8. The Balaban J connectivity index is 2.07. The molecule has 1 atom stereocenters. The smallest absolute Gasteiger partial charge is 0.311 e. The molecule has 1 unspecified atom stereocenters. The number of pyridine rings is 1. The highest BCUT2D eigenvalue weighted by atomic mass is 16.6. The van der Waals surface area contributed by atoms with E-state index >= 15 is 0 Å². The molecule has 2 aromatic rings. The van der Waals surface area contributed by atoms with Crippen molar-refractivity contribution in [2.24, 2.45) is 0 Å². The fourth-order valence-corrected chi connectivity index (χ4v) is 1.67. The molecule has 6 nitrogen and oxygen atoms in total. The van der Waals surface area contributed by atoms with Gasteiger partial charge in [-0.15, -0.1) is 0 Å². The van der Waals surface area contributed by atoms with Gasteiger partial charge in [0.05, 0.1) is 11.2 Å². The molecule has 2 aromatic heterocycles. The third kappa shape index (κ3) is 2.85. The van der Waals surface area contributed by atoms with Gasteiger partial charge in [0.2, 0.25) is 5.82 Å². The van der Waals surface area contributed by atoms with Crippen LogP contribution < -0.4 is 5.32 Å². The lowest BCUT2D eigenvalue weighted by atomic mass is 10.2. The Kier molecular flexibility index (Phi) is 3.57. The number of nitrogens with zero attached hydrogens (tertiary/aromatic N) is 2. The Labute approximate surface area is 104 Å². The minimum atomic E-state index is -0.449. The minimum absolute atomic E-state index is 0.00949. The first-order valence-electron chi connectivity index (χ1n) is 5.55. The van der Waals surface area contributed by atoms with Crippen LogP contribution in [0.25, 0.3) is 0 Å². The first-order valence-corrected chi connectivity index (χ1v) is 5.55. The average Bonchev–Trinajstić information content (AvgIpc) is 2.82. The fourth-order valence-electron chi connectivity index (χ4n) is 1.67. The van der Waals surface area contributed by atoms with Crippen LogP contribution in [-0.4, -0.2) is 15.9 Å². The van der Waals surface area contributed by atoms with Crippen molar-refractivity contribution in [3.8, 4) is 0 Å². The third-order valence-electron chi connectivity index (χ3n) is 2.45. The van der Waals surface area contributed by atoms with Crippen molar-refractivity contribution in [1.29, 1.82) is 0 Å². The molecule has 0 fully saturated rings. The highest BCUT2D eigenvalue weighted by Crippen LogP contribution is 2.21. The fraction of sp³-hybridized carbons (Fsp3) is 0.250. The molecule has 0 aliphatic rings. The molecule has 18 heavy (non-hydrogen) atoms. The van der Waals surface area contributed by atoms with Gasteiger partial charge in [0.25, 0.3) is 0 Å². The molecule has 0 aliphatic heterocycles. The van der Waals surface area contributed by atoms with Gasteiger partial charge in [0.1, 0.15) is 5.76 Å². The van der Waals surface area contributed by atoms with E-state index in [0.717, 1.165) is 5.76 Å². The lowest BCUT2D eigenvalue weighted by Gasteiger charge is -2.12. The van der Waals surface area contributed by atoms with E-state index in [0.29, 0.717) is 6.42 Å². The van der Waals surface area contributed by atoms with Gasteiger partial charge in [-0.1, -0.05) is 0 Å². The van der Waals surface area contributed by atoms with E-state index < -0.39 is 4.92 Å². The quantitative estimate of drug-likeness (QED) is 0.648. The van der Waals surface area contributed by atoms with Crippen molar-refractivity contribution in [2.45, 2.75) is 19.4 Å². The van der Waals surface area contributed by atoms with Crippen molar-refractivity contribution >= 4 is 11.5 Å². The van der Waals surface area contributed by atoms with Crippen molar-refractivity contribution in [3.63, 3.8) is 0 Å². The Morgan fingerprint density at radius 3 is 3.00 bits per heavy atom. The topological polar surface area (TPSA) is 81.2 Å². The van der Waals surface area contributed by atoms with Gasteiger partial charge in [-0.3, -0.25) is 10.1 Å². The van der Waals surface area contributed by atoms with Gasteiger partial charge in [0.15, 0.2) is 0 Å². The number of aromatic nitrogens is 1. The summed E-state index contributed by atoms with van der Waals surface area (Å²) in [5.74, 6) is 1.11. The highest BCUT2D eigenvalue weighted by molar-refractivity contribution is 5.55. The minimum Gasteiger partial charge on any atom is -0.469 e. The molecule has 94 valence electrons. The van der Waals surface area contributed by atoms with E-state index in [1.165, 1.54) is 12.3 Å². The number of nitro groups is 1. The van der Waals surface area contributed by atoms with Crippen LogP contribution in [0, 0.1) is 10.1 Å². The zero-order chi connectivity index (χ0) is 13.0. The van der Waals surface area contributed by atoms with Gasteiger partial charge < -0.3 is 9.73 Å². The number of nitrogens with one attached hydrogen (secondary N) is 1. The molecular formula is C12H13N3O3. The first kappa shape index (κ1) is 12.1. The number of rotatable bonds is 5. The molecule has 0 bridgehead atoms. The monoisotopic (exact) mass is 247 g/mol. The summed E-state index contributed by atoms with van der Waals surface area (Å²) in [5.41, 5.74) is -0.0243. The van der Waals surface area contributed by atoms with Crippen molar-refractivity contribution in [3.05, 3.63) is 52.6 Å². The number of furan rings is 1.